The van der Waals surface area contributed by atoms with Crippen LogP contribution in [0.4, 0.5) is 5.69 Å². The van der Waals surface area contributed by atoms with E-state index in [1.165, 1.54) is 13.2 Å². The molecule has 2 aromatic rings. The van der Waals surface area contributed by atoms with E-state index in [-0.39, 0.29) is 5.56 Å². The minimum atomic E-state index is -0.688. The van der Waals surface area contributed by atoms with Gasteiger partial charge < -0.3 is 14.8 Å². The highest BCUT2D eigenvalue weighted by atomic mass is 79.9. The van der Waals surface area contributed by atoms with Gasteiger partial charge in [-0.3, -0.25) is 4.79 Å². The molecule has 0 aromatic heterocycles. The Morgan fingerprint density at radius 1 is 1.22 bits per heavy atom. The Balaban J connectivity index is 1.98. The van der Waals surface area contributed by atoms with Crippen molar-refractivity contribution in [3.05, 3.63) is 57.5 Å². The van der Waals surface area contributed by atoms with Gasteiger partial charge in [0.1, 0.15) is 11.3 Å². The van der Waals surface area contributed by atoms with Crippen LogP contribution in [0.1, 0.15) is 10.4 Å². The Bertz CT molecular complexity index is 736. The highest BCUT2D eigenvalue weighted by Crippen LogP contribution is 2.24. The SMILES string of the molecule is COc1ccc(Cl)cc1C(=O)OCC(=O)Nc1ccccc1Br. The summed E-state index contributed by atoms with van der Waals surface area (Å²) in [6.45, 7) is -0.421. The van der Waals surface area contributed by atoms with E-state index >= 15 is 0 Å². The molecule has 0 fully saturated rings. The standard InChI is InChI=1S/C16H13BrClNO4/c1-22-14-7-6-10(18)8-11(14)16(21)23-9-15(20)19-13-5-3-2-4-12(13)17/h2-8H,9H2,1H3,(H,19,20). The monoisotopic (exact) mass is 397 g/mol. The zero-order valence-electron chi connectivity index (χ0n) is 12.1. The fourth-order valence-corrected chi connectivity index (χ4v) is 2.35. The maximum atomic E-state index is 12.1. The zero-order valence-corrected chi connectivity index (χ0v) is 14.5. The summed E-state index contributed by atoms with van der Waals surface area (Å²) >= 11 is 9.17. The minimum absolute atomic E-state index is 0.161. The van der Waals surface area contributed by atoms with Crippen LogP contribution in [0.15, 0.2) is 46.9 Å². The normalized spacial score (nSPS) is 10.0. The Morgan fingerprint density at radius 2 is 1.96 bits per heavy atom. The fraction of sp³-hybridized carbons (Fsp3) is 0.125. The van der Waals surface area contributed by atoms with Gasteiger partial charge in [-0.1, -0.05) is 23.7 Å². The quantitative estimate of drug-likeness (QED) is 0.776. The van der Waals surface area contributed by atoms with Crippen molar-refractivity contribution in [1.29, 1.82) is 0 Å². The summed E-state index contributed by atoms with van der Waals surface area (Å²) in [5.74, 6) is -0.816. The molecular weight excluding hydrogens is 386 g/mol. The van der Waals surface area contributed by atoms with Gasteiger partial charge in [0.25, 0.3) is 5.91 Å². The Kier molecular flexibility index (Phi) is 6.01. The first-order chi connectivity index (χ1) is 11.0. The molecule has 0 aliphatic heterocycles. The molecule has 23 heavy (non-hydrogen) atoms. The lowest BCUT2D eigenvalue weighted by Crippen LogP contribution is -2.21. The zero-order chi connectivity index (χ0) is 16.8. The molecule has 0 bridgehead atoms. The molecule has 0 aliphatic carbocycles. The maximum Gasteiger partial charge on any atom is 0.342 e. The van der Waals surface area contributed by atoms with Gasteiger partial charge in [-0.25, -0.2) is 4.79 Å². The number of hydrogen-bond donors (Lipinski definition) is 1. The topological polar surface area (TPSA) is 64.6 Å². The van der Waals surface area contributed by atoms with Crippen molar-refractivity contribution in [2.24, 2.45) is 0 Å². The van der Waals surface area contributed by atoms with Crippen LogP contribution in [-0.4, -0.2) is 25.6 Å². The van der Waals surface area contributed by atoms with Crippen molar-refractivity contribution in [2.75, 3.05) is 19.0 Å². The first-order valence-electron chi connectivity index (χ1n) is 6.56. The third kappa shape index (κ3) is 4.71. The minimum Gasteiger partial charge on any atom is -0.496 e. The second kappa shape index (κ2) is 7.99. The summed E-state index contributed by atoms with van der Waals surface area (Å²) in [6, 6.07) is 11.7. The van der Waals surface area contributed by atoms with Gasteiger partial charge in [-0.2, -0.15) is 0 Å². The summed E-state index contributed by atoms with van der Waals surface area (Å²) in [6.07, 6.45) is 0. The van der Waals surface area contributed by atoms with Crippen molar-refractivity contribution < 1.29 is 19.1 Å². The summed E-state index contributed by atoms with van der Waals surface area (Å²) in [5.41, 5.74) is 0.752. The van der Waals surface area contributed by atoms with E-state index < -0.39 is 18.5 Å². The number of carbonyl (C=O) groups is 2. The van der Waals surface area contributed by atoms with Crippen molar-refractivity contribution in [3.8, 4) is 5.75 Å². The van der Waals surface area contributed by atoms with Crippen LogP contribution in [0, 0.1) is 0 Å². The molecule has 0 saturated heterocycles. The third-order valence-corrected chi connectivity index (χ3v) is 3.79. The van der Waals surface area contributed by atoms with Gasteiger partial charge in [0.2, 0.25) is 0 Å². The van der Waals surface area contributed by atoms with E-state index in [0.717, 1.165) is 4.47 Å². The Hall–Kier alpha value is -2.05. The molecule has 0 unspecified atom stereocenters. The summed E-state index contributed by atoms with van der Waals surface area (Å²) < 4.78 is 10.8. The van der Waals surface area contributed by atoms with E-state index in [2.05, 4.69) is 21.2 Å². The molecule has 0 radical (unpaired) electrons. The highest BCUT2D eigenvalue weighted by Gasteiger charge is 2.16. The highest BCUT2D eigenvalue weighted by molar-refractivity contribution is 9.10. The number of carbonyl (C=O) groups excluding carboxylic acids is 2. The van der Waals surface area contributed by atoms with Crippen molar-refractivity contribution in [1.82, 2.24) is 0 Å². The summed E-state index contributed by atoms with van der Waals surface area (Å²) in [7, 11) is 1.43. The smallest absolute Gasteiger partial charge is 0.342 e. The predicted octanol–water partition coefficient (Wildman–Crippen LogP) is 3.91. The molecule has 5 nitrogen and oxygen atoms in total. The molecule has 1 N–H and O–H groups in total. The third-order valence-electron chi connectivity index (χ3n) is 2.86. The summed E-state index contributed by atoms with van der Waals surface area (Å²) in [5, 5.41) is 3.01. The number of anilines is 1. The molecule has 0 saturated carbocycles. The van der Waals surface area contributed by atoms with Crippen molar-refractivity contribution in [3.63, 3.8) is 0 Å². The Labute approximate surface area is 146 Å². The summed E-state index contributed by atoms with van der Waals surface area (Å²) in [4.78, 5) is 23.9. The molecule has 1 amide bonds. The molecular formula is C16H13BrClNO4. The number of para-hydroxylation sites is 1. The van der Waals surface area contributed by atoms with Crippen LogP contribution in [0.3, 0.4) is 0 Å². The lowest BCUT2D eigenvalue weighted by Gasteiger charge is -2.10. The number of benzene rings is 2. The largest absolute Gasteiger partial charge is 0.496 e. The van der Waals surface area contributed by atoms with E-state index in [1.54, 1.807) is 30.3 Å². The molecule has 0 heterocycles. The molecule has 120 valence electrons. The van der Waals surface area contributed by atoms with Crippen LogP contribution < -0.4 is 10.1 Å². The van der Waals surface area contributed by atoms with Gasteiger partial charge in [0.05, 0.1) is 12.8 Å². The first-order valence-corrected chi connectivity index (χ1v) is 7.73. The van der Waals surface area contributed by atoms with Crippen molar-refractivity contribution >= 4 is 45.1 Å². The number of esters is 1. The van der Waals surface area contributed by atoms with E-state index in [0.29, 0.717) is 16.5 Å². The molecule has 0 spiro atoms. The van der Waals surface area contributed by atoms with Crippen LogP contribution >= 0.6 is 27.5 Å². The van der Waals surface area contributed by atoms with Crippen molar-refractivity contribution in [2.45, 2.75) is 0 Å². The first kappa shape index (κ1) is 17.3. The molecule has 0 aliphatic rings. The lowest BCUT2D eigenvalue weighted by molar-refractivity contribution is -0.119. The predicted molar refractivity (Wildman–Crippen MR) is 91.1 cm³/mol. The number of amides is 1. The molecule has 0 atom stereocenters. The van der Waals surface area contributed by atoms with Crippen LogP contribution in [0.2, 0.25) is 5.02 Å². The van der Waals surface area contributed by atoms with Gasteiger partial charge >= 0.3 is 5.97 Å². The molecule has 2 aromatic carbocycles. The number of ether oxygens (including phenoxy) is 2. The van der Waals surface area contributed by atoms with Gasteiger partial charge in [0.15, 0.2) is 6.61 Å². The van der Waals surface area contributed by atoms with E-state index in [1.807, 2.05) is 6.07 Å². The number of methoxy groups -OCH3 is 1. The van der Waals surface area contributed by atoms with E-state index in [4.69, 9.17) is 21.1 Å². The van der Waals surface area contributed by atoms with Gasteiger partial charge in [-0.05, 0) is 46.3 Å². The van der Waals surface area contributed by atoms with Gasteiger partial charge in [0, 0.05) is 9.50 Å². The second-order valence-corrected chi connectivity index (χ2v) is 5.74. The molecule has 7 heteroatoms. The number of nitrogens with one attached hydrogen (secondary N) is 1. The fourth-order valence-electron chi connectivity index (χ4n) is 1.80. The average molecular weight is 399 g/mol. The van der Waals surface area contributed by atoms with Gasteiger partial charge in [-0.15, -0.1) is 0 Å². The number of halogens is 2. The molecule has 2 rings (SSSR count). The Morgan fingerprint density at radius 3 is 2.65 bits per heavy atom. The van der Waals surface area contributed by atoms with Crippen LogP contribution in [-0.2, 0) is 9.53 Å². The van der Waals surface area contributed by atoms with Crippen LogP contribution in [0.25, 0.3) is 0 Å². The number of rotatable bonds is 5. The average Bonchev–Trinajstić information content (AvgIpc) is 2.54. The maximum absolute atomic E-state index is 12.1. The second-order valence-electron chi connectivity index (χ2n) is 4.45. The van der Waals surface area contributed by atoms with Crippen LogP contribution in [0.5, 0.6) is 5.75 Å². The lowest BCUT2D eigenvalue weighted by atomic mass is 10.2. The number of hydrogen-bond acceptors (Lipinski definition) is 4. The van der Waals surface area contributed by atoms with E-state index in [9.17, 15) is 9.59 Å².